The second kappa shape index (κ2) is 10.4. The zero-order valence-corrected chi connectivity index (χ0v) is 21.3. The summed E-state index contributed by atoms with van der Waals surface area (Å²) in [6, 6.07) is 11.2. The first-order valence-electron chi connectivity index (χ1n) is 11.9. The molecule has 0 N–H and O–H groups in total. The molecule has 0 radical (unpaired) electrons. The molecule has 0 saturated carbocycles. The van der Waals surface area contributed by atoms with Crippen molar-refractivity contribution in [3.63, 3.8) is 0 Å². The Kier molecular flexibility index (Phi) is 7.63. The van der Waals surface area contributed by atoms with Crippen molar-refractivity contribution in [3.05, 3.63) is 64.7 Å². The highest BCUT2D eigenvalue weighted by atomic mass is 32.2. The van der Waals surface area contributed by atoms with Gasteiger partial charge >= 0.3 is 6.18 Å². The van der Waals surface area contributed by atoms with Gasteiger partial charge in [0.25, 0.3) is 0 Å². The lowest BCUT2D eigenvalue weighted by molar-refractivity contribution is -0.138. The van der Waals surface area contributed by atoms with Crippen molar-refractivity contribution < 1.29 is 26.4 Å². The van der Waals surface area contributed by atoms with E-state index in [-0.39, 0.29) is 23.9 Å². The van der Waals surface area contributed by atoms with Crippen LogP contribution in [0.5, 0.6) is 0 Å². The molecule has 4 rings (SSSR count). The molecule has 0 aromatic heterocycles. The molecule has 2 aliphatic heterocycles. The van der Waals surface area contributed by atoms with Gasteiger partial charge in [-0.25, -0.2) is 8.42 Å². The molecule has 0 spiro atoms. The number of piperazine rings is 1. The first kappa shape index (κ1) is 26.4. The largest absolute Gasteiger partial charge is 0.416 e. The van der Waals surface area contributed by atoms with Crippen LogP contribution in [0.25, 0.3) is 0 Å². The molecule has 196 valence electrons. The quantitative estimate of drug-likeness (QED) is 0.581. The number of hydrogen-bond acceptors (Lipinski definition) is 5. The molecule has 1 fully saturated rings. The number of alkyl halides is 3. The molecular weight excluding hydrogens is 493 g/mol. The van der Waals surface area contributed by atoms with Crippen LogP contribution in [0, 0.1) is 0 Å². The van der Waals surface area contributed by atoms with Crippen LogP contribution in [0.3, 0.4) is 0 Å². The third kappa shape index (κ3) is 6.01. The Balaban J connectivity index is 1.38. The zero-order valence-electron chi connectivity index (χ0n) is 20.5. The van der Waals surface area contributed by atoms with Crippen molar-refractivity contribution in [3.8, 4) is 0 Å². The third-order valence-corrected chi connectivity index (χ3v) is 8.68. The summed E-state index contributed by atoms with van der Waals surface area (Å²) in [6.07, 6.45) is -3.86. The predicted octanol–water partition coefficient (Wildman–Crippen LogP) is 3.15. The average Bonchev–Trinajstić information content (AvgIpc) is 2.83. The summed E-state index contributed by atoms with van der Waals surface area (Å²) >= 11 is 0. The molecule has 2 heterocycles. The third-order valence-electron chi connectivity index (χ3n) is 6.91. The summed E-state index contributed by atoms with van der Waals surface area (Å²) in [5, 5.41) is 0. The standard InChI is InChI=1S/C25H31F3N4O3S/c1-19(33)31-11-13-32(14-12-31)23-8-7-21-17-30(10-9-20(21)15-23)18-36(34,35)29(2)16-22-5-3-4-6-24(22)25(26,27)28/h3-8,15H,9-14,16-18H2,1-2H3. The second-order valence-electron chi connectivity index (χ2n) is 9.40. The summed E-state index contributed by atoms with van der Waals surface area (Å²) in [4.78, 5) is 17.5. The van der Waals surface area contributed by atoms with Crippen LogP contribution in [0.15, 0.2) is 42.5 Å². The summed E-state index contributed by atoms with van der Waals surface area (Å²) in [5.74, 6) is -0.170. The SMILES string of the molecule is CC(=O)N1CCN(c2ccc3c(c2)CCN(CS(=O)(=O)N(C)Cc2ccccc2C(F)(F)F)C3)CC1. The maximum atomic E-state index is 13.3. The number of fused-ring (bicyclic) bond motifs is 1. The topological polar surface area (TPSA) is 64.2 Å². The number of anilines is 1. The van der Waals surface area contributed by atoms with E-state index in [0.717, 1.165) is 34.7 Å². The van der Waals surface area contributed by atoms with Gasteiger partial charge in [0, 0.05) is 65.5 Å². The van der Waals surface area contributed by atoms with Crippen LogP contribution in [-0.2, 0) is 40.5 Å². The van der Waals surface area contributed by atoms with Gasteiger partial charge in [-0.1, -0.05) is 24.3 Å². The lowest BCUT2D eigenvalue weighted by Gasteiger charge is -2.36. The molecule has 0 aliphatic carbocycles. The molecule has 1 saturated heterocycles. The van der Waals surface area contributed by atoms with E-state index in [0.29, 0.717) is 32.6 Å². The van der Waals surface area contributed by atoms with Crippen molar-refractivity contribution in [1.29, 1.82) is 0 Å². The van der Waals surface area contributed by atoms with Gasteiger partial charge in [-0.2, -0.15) is 17.5 Å². The molecule has 36 heavy (non-hydrogen) atoms. The fourth-order valence-electron chi connectivity index (χ4n) is 4.79. The van der Waals surface area contributed by atoms with Gasteiger partial charge in [0.1, 0.15) is 5.88 Å². The van der Waals surface area contributed by atoms with E-state index in [9.17, 15) is 26.4 Å². The Morgan fingerprint density at radius 2 is 1.69 bits per heavy atom. The second-order valence-corrected chi connectivity index (χ2v) is 11.4. The van der Waals surface area contributed by atoms with Crippen molar-refractivity contribution in [1.82, 2.24) is 14.1 Å². The number of rotatable bonds is 6. The molecule has 7 nitrogen and oxygen atoms in total. The highest BCUT2D eigenvalue weighted by molar-refractivity contribution is 7.88. The fourth-order valence-corrected chi connectivity index (χ4v) is 6.00. The average molecular weight is 525 g/mol. The molecule has 11 heteroatoms. The number of hydrogen-bond donors (Lipinski definition) is 0. The van der Waals surface area contributed by atoms with Crippen LogP contribution >= 0.6 is 0 Å². The van der Waals surface area contributed by atoms with Gasteiger partial charge in [-0.3, -0.25) is 9.69 Å². The summed E-state index contributed by atoms with van der Waals surface area (Å²) in [6.45, 7) is 5.17. The minimum Gasteiger partial charge on any atom is -0.368 e. The molecule has 2 aromatic rings. The Bertz CT molecular complexity index is 1210. The maximum absolute atomic E-state index is 13.3. The van der Waals surface area contributed by atoms with Crippen LogP contribution in [0.4, 0.5) is 18.9 Å². The normalized spacial score (nSPS) is 17.4. The van der Waals surface area contributed by atoms with E-state index < -0.39 is 21.8 Å². The number of nitrogens with zero attached hydrogens (tertiary/aromatic N) is 4. The smallest absolute Gasteiger partial charge is 0.368 e. The van der Waals surface area contributed by atoms with Gasteiger partial charge in [0.2, 0.25) is 15.9 Å². The number of carbonyl (C=O) groups excluding carboxylic acids is 1. The number of sulfonamides is 1. The molecule has 0 unspecified atom stereocenters. The van der Waals surface area contributed by atoms with Crippen molar-refractivity contribution in [2.24, 2.45) is 0 Å². The lowest BCUT2D eigenvalue weighted by atomic mass is 9.99. The summed E-state index contributed by atoms with van der Waals surface area (Å²) in [7, 11) is -2.49. The molecular formula is C25H31F3N4O3S. The zero-order chi connectivity index (χ0) is 26.1. The Morgan fingerprint density at radius 1 is 1.00 bits per heavy atom. The van der Waals surface area contributed by atoms with E-state index in [1.165, 1.54) is 30.8 Å². The van der Waals surface area contributed by atoms with Gasteiger partial charge in [-0.15, -0.1) is 0 Å². The Hall–Kier alpha value is -2.63. The summed E-state index contributed by atoms with van der Waals surface area (Å²) in [5.41, 5.74) is 2.42. The lowest BCUT2D eigenvalue weighted by Crippen LogP contribution is -2.48. The maximum Gasteiger partial charge on any atom is 0.416 e. The van der Waals surface area contributed by atoms with Crippen LogP contribution in [0.1, 0.15) is 29.2 Å². The van der Waals surface area contributed by atoms with Crippen molar-refractivity contribution >= 4 is 21.6 Å². The van der Waals surface area contributed by atoms with Crippen molar-refractivity contribution in [2.75, 3.05) is 50.5 Å². The minimum atomic E-state index is -4.54. The highest BCUT2D eigenvalue weighted by Crippen LogP contribution is 2.33. The molecule has 0 bridgehead atoms. The van der Waals surface area contributed by atoms with E-state index in [2.05, 4.69) is 11.0 Å². The fraction of sp³-hybridized carbons (Fsp3) is 0.480. The van der Waals surface area contributed by atoms with E-state index in [4.69, 9.17) is 0 Å². The minimum absolute atomic E-state index is 0.0725. The van der Waals surface area contributed by atoms with E-state index in [1.807, 2.05) is 21.9 Å². The number of benzene rings is 2. The van der Waals surface area contributed by atoms with Crippen molar-refractivity contribution in [2.45, 2.75) is 32.6 Å². The van der Waals surface area contributed by atoms with Crippen LogP contribution in [-0.4, -0.2) is 74.1 Å². The predicted molar refractivity (Wildman–Crippen MR) is 132 cm³/mol. The first-order chi connectivity index (χ1) is 16.9. The molecule has 1 amide bonds. The monoisotopic (exact) mass is 524 g/mol. The van der Waals surface area contributed by atoms with Gasteiger partial charge in [0.05, 0.1) is 5.56 Å². The van der Waals surface area contributed by atoms with Gasteiger partial charge < -0.3 is 9.80 Å². The Morgan fingerprint density at radius 3 is 2.36 bits per heavy atom. The Labute approximate surface area is 210 Å². The molecule has 2 aliphatic rings. The van der Waals surface area contributed by atoms with Gasteiger partial charge in [0.15, 0.2) is 0 Å². The number of amides is 1. The first-order valence-corrected chi connectivity index (χ1v) is 13.5. The van der Waals surface area contributed by atoms with E-state index >= 15 is 0 Å². The summed E-state index contributed by atoms with van der Waals surface area (Å²) < 4.78 is 66.9. The number of halogens is 3. The molecule has 0 atom stereocenters. The van der Waals surface area contributed by atoms with Crippen LogP contribution in [0.2, 0.25) is 0 Å². The number of carbonyl (C=O) groups is 1. The highest BCUT2D eigenvalue weighted by Gasteiger charge is 2.34. The van der Waals surface area contributed by atoms with Gasteiger partial charge in [-0.05, 0) is 41.3 Å². The van der Waals surface area contributed by atoms with E-state index in [1.54, 1.807) is 6.92 Å². The molecule has 2 aromatic carbocycles. The van der Waals surface area contributed by atoms with Crippen LogP contribution < -0.4 is 4.90 Å².